The van der Waals surface area contributed by atoms with Crippen molar-refractivity contribution in [3.8, 4) is 0 Å². The van der Waals surface area contributed by atoms with Crippen molar-refractivity contribution < 1.29 is 19.2 Å². The minimum absolute atomic E-state index is 0.242. The van der Waals surface area contributed by atoms with Gasteiger partial charge in [0, 0.05) is 11.0 Å². The van der Waals surface area contributed by atoms with Crippen LogP contribution < -0.4 is 5.46 Å². The second-order valence-electron chi connectivity index (χ2n) is 2.93. The third-order valence-electron chi connectivity index (χ3n) is 1.99. The molecule has 2 N–H and O–H groups in total. The highest BCUT2D eigenvalue weighted by molar-refractivity contribution is 6.58. The van der Waals surface area contributed by atoms with Crippen LogP contribution in [0, 0.1) is 5.82 Å². The zero-order valence-corrected chi connectivity index (χ0v) is 7.70. The second kappa shape index (κ2) is 4.35. The number of carbonyl (C=O) groups excluding carboxylic acids is 1. The molecule has 74 valence electrons. The van der Waals surface area contributed by atoms with E-state index in [1.165, 1.54) is 6.07 Å². The number of halogens is 1. The Hall–Kier alpha value is -1.20. The number of aldehydes is 1. The lowest BCUT2D eigenvalue weighted by atomic mass is 9.78. The highest BCUT2D eigenvalue weighted by Crippen LogP contribution is 2.08. The van der Waals surface area contributed by atoms with Crippen molar-refractivity contribution in [3.63, 3.8) is 0 Å². The summed E-state index contributed by atoms with van der Waals surface area (Å²) in [6, 6.07) is 2.53. The van der Waals surface area contributed by atoms with E-state index in [1.54, 1.807) is 6.92 Å². The minimum Gasteiger partial charge on any atom is -0.423 e. The van der Waals surface area contributed by atoms with Gasteiger partial charge in [-0.2, -0.15) is 0 Å². The predicted molar refractivity (Wildman–Crippen MR) is 51.0 cm³/mol. The van der Waals surface area contributed by atoms with Gasteiger partial charge in [0.25, 0.3) is 0 Å². The molecule has 0 radical (unpaired) electrons. The fraction of sp³-hybridized carbons (Fsp3) is 0.222. The Morgan fingerprint density at radius 2 is 2.14 bits per heavy atom. The lowest BCUT2D eigenvalue weighted by molar-refractivity contribution is 0.112. The van der Waals surface area contributed by atoms with Crippen molar-refractivity contribution in [2.75, 3.05) is 0 Å². The van der Waals surface area contributed by atoms with Crippen molar-refractivity contribution in [2.45, 2.75) is 13.3 Å². The molecule has 0 atom stereocenters. The zero-order valence-electron chi connectivity index (χ0n) is 7.70. The fourth-order valence-corrected chi connectivity index (χ4v) is 1.25. The van der Waals surface area contributed by atoms with Crippen molar-refractivity contribution in [2.24, 2.45) is 0 Å². The van der Waals surface area contributed by atoms with Crippen molar-refractivity contribution in [1.29, 1.82) is 0 Å². The summed E-state index contributed by atoms with van der Waals surface area (Å²) < 4.78 is 13.4. The Bertz CT molecular complexity index is 352. The van der Waals surface area contributed by atoms with Gasteiger partial charge in [0.15, 0.2) is 0 Å². The molecule has 3 nitrogen and oxygen atoms in total. The first-order valence-electron chi connectivity index (χ1n) is 4.23. The van der Waals surface area contributed by atoms with Gasteiger partial charge in [-0.3, -0.25) is 4.79 Å². The van der Waals surface area contributed by atoms with Crippen LogP contribution in [0.1, 0.15) is 22.8 Å². The average molecular weight is 196 g/mol. The highest BCUT2D eigenvalue weighted by atomic mass is 19.1. The summed E-state index contributed by atoms with van der Waals surface area (Å²) in [4.78, 5) is 10.5. The molecule has 5 heteroatoms. The zero-order chi connectivity index (χ0) is 10.7. The molecule has 0 spiro atoms. The Labute approximate surface area is 81.3 Å². The predicted octanol–water partition coefficient (Wildman–Crippen LogP) is -0.120. The quantitative estimate of drug-likeness (QED) is 0.523. The topological polar surface area (TPSA) is 57.5 Å². The molecule has 0 aromatic heterocycles. The molecule has 0 heterocycles. The summed E-state index contributed by atoms with van der Waals surface area (Å²) >= 11 is 0. The van der Waals surface area contributed by atoms with Gasteiger partial charge in [-0.15, -0.1) is 0 Å². The molecule has 0 aliphatic carbocycles. The lowest BCUT2D eigenvalue weighted by Crippen LogP contribution is -2.34. The first-order chi connectivity index (χ1) is 6.60. The highest BCUT2D eigenvalue weighted by Gasteiger charge is 2.19. The standard InChI is InChI=1S/C9H10BFO3/c1-2-7-3-6(5-12)4-8(9(7)11)10(13)14/h3-5,13-14H,2H2,1H3. The smallest absolute Gasteiger partial charge is 0.423 e. The maximum atomic E-state index is 13.4. The first kappa shape index (κ1) is 10.9. The van der Waals surface area contributed by atoms with E-state index in [-0.39, 0.29) is 11.0 Å². The van der Waals surface area contributed by atoms with Crippen LogP contribution in [0.4, 0.5) is 4.39 Å². The summed E-state index contributed by atoms with van der Waals surface area (Å²) in [7, 11) is -1.89. The third-order valence-corrected chi connectivity index (χ3v) is 1.99. The molecule has 1 aromatic carbocycles. The van der Waals surface area contributed by atoms with Crippen LogP contribution in [0.5, 0.6) is 0 Å². The largest absolute Gasteiger partial charge is 0.491 e. The third kappa shape index (κ3) is 2.00. The van der Waals surface area contributed by atoms with E-state index in [9.17, 15) is 9.18 Å². The van der Waals surface area contributed by atoms with Gasteiger partial charge in [0.1, 0.15) is 12.1 Å². The van der Waals surface area contributed by atoms with Gasteiger partial charge in [0.05, 0.1) is 0 Å². The summed E-state index contributed by atoms with van der Waals surface area (Å²) in [6.45, 7) is 1.72. The number of carbonyl (C=O) groups is 1. The van der Waals surface area contributed by atoms with E-state index in [4.69, 9.17) is 10.0 Å². The monoisotopic (exact) mass is 196 g/mol. The molecule has 0 aliphatic heterocycles. The van der Waals surface area contributed by atoms with Crippen molar-refractivity contribution >= 4 is 18.9 Å². The summed E-state index contributed by atoms with van der Waals surface area (Å²) in [5.41, 5.74) is 0.288. The Morgan fingerprint density at radius 1 is 1.50 bits per heavy atom. The normalized spacial score (nSPS) is 10.0. The number of hydrogen-bond acceptors (Lipinski definition) is 3. The minimum atomic E-state index is -1.89. The molecular formula is C9H10BFO3. The molecule has 0 saturated heterocycles. The number of hydrogen-bond donors (Lipinski definition) is 2. The first-order valence-corrected chi connectivity index (χ1v) is 4.23. The number of rotatable bonds is 3. The maximum Gasteiger partial charge on any atom is 0.491 e. The molecule has 1 aromatic rings. The molecule has 0 saturated carbocycles. The Balaban J connectivity index is 3.34. The van der Waals surface area contributed by atoms with Gasteiger partial charge < -0.3 is 10.0 Å². The molecule has 0 amide bonds. The van der Waals surface area contributed by atoms with Crippen LogP contribution in [0.2, 0.25) is 0 Å². The van der Waals surface area contributed by atoms with E-state index in [2.05, 4.69) is 0 Å². The van der Waals surface area contributed by atoms with E-state index >= 15 is 0 Å². The maximum absolute atomic E-state index is 13.4. The molecule has 0 aliphatic rings. The van der Waals surface area contributed by atoms with E-state index in [0.717, 1.165) is 6.07 Å². The van der Waals surface area contributed by atoms with Crippen LogP contribution in [0.25, 0.3) is 0 Å². The Morgan fingerprint density at radius 3 is 2.57 bits per heavy atom. The summed E-state index contributed by atoms with van der Waals surface area (Å²) in [5.74, 6) is -0.659. The molecule has 0 fully saturated rings. The summed E-state index contributed by atoms with van der Waals surface area (Å²) in [6.07, 6.45) is 0.942. The van der Waals surface area contributed by atoms with Gasteiger partial charge in [-0.25, -0.2) is 4.39 Å². The second-order valence-corrected chi connectivity index (χ2v) is 2.93. The van der Waals surface area contributed by atoms with Gasteiger partial charge in [-0.1, -0.05) is 6.92 Å². The molecule has 1 rings (SSSR count). The molecule has 0 bridgehead atoms. The van der Waals surface area contributed by atoms with Crippen LogP contribution in [-0.4, -0.2) is 23.5 Å². The van der Waals surface area contributed by atoms with Crippen molar-refractivity contribution in [3.05, 3.63) is 29.1 Å². The summed E-state index contributed by atoms with van der Waals surface area (Å²) in [5, 5.41) is 17.7. The van der Waals surface area contributed by atoms with Crippen LogP contribution in [0.15, 0.2) is 12.1 Å². The van der Waals surface area contributed by atoms with Gasteiger partial charge >= 0.3 is 7.12 Å². The molecule has 0 unspecified atom stereocenters. The van der Waals surface area contributed by atoms with Crippen LogP contribution in [0.3, 0.4) is 0 Å². The fourth-order valence-electron chi connectivity index (χ4n) is 1.25. The average Bonchev–Trinajstić information content (AvgIpc) is 2.17. The van der Waals surface area contributed by atoms with E-state index < -0.39 is 12.9 Å². The Kier molecular flexibility index (Phi) is 3.38. The number of benzene rings is 1. The SMILES string of the molecule is CCc1cc(C=O)cc(B(O)O)c1F. The lowest BCUT2D eigenvalue weighted by Gasteiger charge is -2.07. The number of aryl methyl sites for hydroxylation is 1. The molecule has 14 heavy (non-hydrogen) atoms. The van der Waals surface area contributed by atoms with Gasteiger partial charge in [-0.05, 0) is 24.1 Å². The van der Waals surface area contributed by atoms with Crippen LogP contribution in [-0.2, 0) is 6.42 Å². The van der Waals surface area contributed by atoms with Gasteiger partial charge in [0.2, 0.25) is 0 Å². The van der Waals surface area contributed by atoms with Crippen molar-refractivity contribution in [1.82, 2.24) is 0 Å². The molecular weight excluding hydrogens is 186 g/mol. The van der Waals surface area contributed by atoms with E-state index in [1.807, 2.05) is 0 Å². The van der Waals surface area contributed by atoms with Crippen LogP contribution >= 0.6 is 0 Å². The van der Waals surface area contributed by atoms with E-state index in [0.29, 0.717) is 18.3 Å².